The number of benzene rings is 1. The standard InChI is InChI=1S/C14H15BrN2O2/c1-2-6-17-9-10(15)7-13(17)14(19)16-11-4-3-5-12(18)8-11/h3-5,7-9,18H,2,6H2,1H3,(H,16,19). The Kier molecular flexibility index (Phi) is 4.27. The van der Waals surface area contributed by atoms with Crippen LogP contribution in [0.1, 0.15) is 23.8 Å². The summed E-state index contributed by atoms with van der Waals surface area (Å²) in [6.45, 7) is 2.85. The van der Waals surface area contributed by atoms with E-state index < -0.39 is 0 Å². The molecule has 0 spiro atoms. The van der Waals surface area contributed by atoms with Gasteiger partial charge in [-0.3, -0.25) is 4.79 Å². The van der Waals surface area contributed by atoms with E-state index in [9.17, 15) is 9.90 Å². The van der Waals surface area contributed by atoms with Gasteiger partial charge in [-0.25, -0.2) is 0 Å². The monoisotopic (exact) mass is 322 g/mol. The molecule has 1 amide bonds. The topological polar surface area (TPSA) is 54.3 Å². The Labute approximate surface area is 120 Å². The van der Waals surface area contributed by atoms with Crippen LogP contribution in [0.2, 0.25) is 0 Å². The Morgan fingerprint density at radius 2 is 2.21 bits per heavy atom. The number of hydrogen-bond donors (Lipinski definition) is 2. The number of carbonyl (C=O) groups is 1. The van der Waals surface area contributed by atoms with E-state index in [1.807, 2.05) is 10.8 Å². The van der Waals surface area contributed by atoms with Crippen molar-refractivity contribution in [3.05, 3.63) is 46.7 Å². The second-order valence-electron chi connectivity index (χ2n) is 4.24. The zero-order valence-corrected chi connectivity index (χ0v) is 12.1. The third kappa shape index (κ3) is 3.38. The number of aromatic nitrogens is 1. The third-order valence-electron chi connectivity index (χ3n) is 2.66. The molecule has 1 aromatic carbocycles. The van der Waals surface area contributed by atoms with Crippen molar-refractivity contribution in [2.45, 2.75) is 19.9 Å². The normalized spacial score (nSPS) is 10.4. The molecule has 1 aromatic heterocycles. The van der Waals surface area contributed by atoms with Crippen LogP contribution in [0.25, 0.3) is 0 Å². The highest BCUT2D eigenvalue weighted by Gasteiger charge is 2.13. The molecular weight excluding hydrogens is 308 g/mol. The smallest absolute Gasteiger partial charge is 0.272 e. The van der Waals surface area contributed by atoms with Crippen molar-refractivity contribution >= 4 is 27.5 Å². The van der Waals surface area contributed by atoms with E-state index in [0.717, 1.165) is 17.4 Å². The van der Waals surface area contributed by atoms with Gasteiger partial charge in [-0.15, -0.1) is 0 Å². The number of aryl methyl sites for hydroxylation is 1. The minimum atomic E-state index is -0.190. The lowest BCUT2D eigenvalue weighted by atomic mass is 10.3. The molecule has 0 bridgehead atoms. The van der Waals surface area contributed by atoms with Crippen molar-refractivity contribution in [2.24, 2.45) is 0 Å². The van der Waals surface area contributed by atoms with E-state index in [1.54, 1.807) is 24.3 Å². The molecular formula is C14H15BrN2O2. The molecule has 2 N–H and O–H groups in total. The molecule has 2 rings (SSSR count). The largest absolute Gasteiger partial charge is 0.508 e. The van der Waals surface area contributed by atoms with Crippen molar-refractivity contribution in [3.8, 4) is 5.75 Å². The number of hydrogen-bond acceptors (Lipinski definition) is 2. The summed E-state index contributed by atoms with van der Waals surface area (Å²) in [4.78, 5) is 12.2. The molecule has 4 nitrogen and oxygen atoms in total. The van der Waals surface area contributed by atoms with Gasteiger partial charge >= 0.3 is 0 Å². The third-order valence-corrected chi connectivity index (χ3v) is 3.10. The molecule has 0 aliphatic rings. The summed E-state index contributed by atoms with van der Waals surface area (Å²) in [5.41, 5.74) is 1.17. The first kappa shape index (κ1) is 13.7. The van der Waals surface area contributed by atoms with E-state index in [0.29, 0.717) is 11.4 Å². The second-order valence-corrected chi connectivity index (χ2v) is 5.16. The van der Waals surface area contributed by atoms with Gasteiger partial charge in [-0.05, 0) is 40.5 Å². The number of carbonyl (C=O) groups excluding carboxylic acids is 1. The van der Waals surface area contributed by atoms with Gasteiger partial charge in [0.2, 0.25) is 0 Å². The van der Waals surface area contributed by atoms with Crippen LogP contribution in [0, 0.1) is 0 Å². The van der Waals surface area contributed by atoms with Gasteiger partial charge in [0.1, 0.15) is 11.4 Å². The molecule has 19 heavy (non-hydrogen) atoms. The zero-order chi connectivity index (χ0) is 13.8. The van der Waals surface area contributed by atoms with Gasteiger partial charge < -0.3 is 15.0 Å². The maximum absolute atomic E-state index is 12.2. The van der Waals surface area contributed by atoms with Gasteiger partial charge in [0.25, 0.3) is 5.91 Å². The number of nitrogens with one attached hydrogen (secondary N) is 1. The maximum Gasteiger partial charge on any atom is 0.272 e. The minimum Gasteiger partial charge on any atom is -0.508 e. The number of amides is 1. The average Bonchev–Trinajstić information content (AvgIpc) is 2.71. The van der Waals surface area contributed by atoms with Gasteiger partial charge in [0.15, 0.2) is 0 Å². The Bertz CT molecular complexity index is 593. The first-order valence-electron chi connectivity index (χ1n) is 6.06. The lowest BCUT2D eigenvalue weighted by Gasteiger charge is -2.08. The number of anilines is 1. The molecule has 0 fully saturated rings. The summed E-state index contributed by atoms with van der Waals surface area (Å²) in [6.07, 6.45) is 2.84. The Balaban J connectivity index is 2.20. The van der Waals surface area contributed by atoms with Crippen LogP contribution >= 0.6 is 15.9 Å². The molecule has 1 heterocycles. The lowest BCUT2D eigenvalue weighted by Crippen LogP contribution is -2.16. The Morgan fingerprint density at radius 1 is 1.42 bits per heavy atom. The molecule has 0 saturated heterocycles. The fourth-order valence-corrected chi connectivity index (χ4v) is 2.33. The van der Waals surface area contributed by atoms with E-state index in [4.69, 9.17) is 0 Å². The maximum atomic E-state index is 12.2. The lowest BCUT2D eigenvalue weighted by molar-refractivity contribution is 0.101. The highest BCUT2D eigenvalue weighted by Crippen LogP contribution is 2.19. The van der Waals surface area contributed by atoms with E-state index in [-0.39, 0.29) is 11.7 Å². The number of phenolic OH excluding ortho intramolecular Hbond substituents is 1. The van der Waals surface area contributed by atoms with Crippen LogP contribution in [0.15, 0.2) is 41.0 Å². The predicted octanol–water partition coefficient (Wildman–Crippen LogP) is 3.62. The summed E-state index contributed by atoms with van der Waals surface area (Å²) in [5.74, 6) is -0.0623. The molecule has 0 aliphatic carbocycles. The highest BCUT2D eigenvalue weighted by atomic mass is 79.9. The molecule has 5 heteroatoms. The SMILES string of the molecule is CCCn1cc(Br)cc1C(=O)Nc1cccc(O)c1. The molecule has 0 saturated carbocycles. The molecule has 100 valence electrons. The number of nitrogens with zero attached hydrogens (tertiary/aromatic N) is 1. The van der Waals surface area contributed by atoms with Crippen LogP contribution in [-0.4, -0.2) is 15.6 Å². The fourth-order valence-electron chi connectivity index (χ4n) is 1.87. The first-order valence-corrected chi connectivity index (χ1v) is 6.85. The van der Waals surface area contributed by atoms with Gasteiger partial charge in [0.05, 0.1) is 0 Å². The van der Waals surface area contributed by atoms with Crippen LogP contribution in [0.4, 0.5) is 5.69 Å². The van der Waals surface area contributed by atoms with Crippen molar-refractivity contribution in [3.63, 3.8) is 0 Å². The molecule has 0 radical (unpaired) electrons. The number of phenols is 1. The van der Waals surface area contributed by atoms with E-state index >= 15 is 0 Å². The summed E-state index contributed by atoms with van der Waals surface area (Å²) < 4.78 is 2.78. The van der Waals surface area contributed by atoms with Crippen LogP contribution in [-0.2, 0) is 6.54 Å². The van der Waals surface area contributed by atoms with Gasteiger partial charge in [-0.2, -0.15) is 0 Å². The van der Waals surface area contributed by atoms with Crippen LogP contribution in [0.5, 0.6) is 5.75 Å². The van der Waals surface area contributed by atoms with Crippen molar-refractivity contribution in [2.75, 3.05) is 5.32 Å². The summed E-state index contributed by atoms with van der Waals surface area (Å²) in [6, 6.07) is 8.28. The van der Waals surface area contributed by atoms with E-state index in [2.05, 4.69) is 28.2 Å². The average molecular weight is 323 g/mol. The number of aromatic hydroxyl groups is 1. The Hall–Kier alpha value is -1.75. The molecule has 2 aromatic rings. The summed E-state index contributed by atoms with van der Waals surface area (Å²) in [7, 11) is 0. The van der Waals surface area contributed by atoms with Crippen LogP contribution in [0.3, 0.4) is 0 Å². The zero-order valence-electron chi connectivity index (χ0n) is 10.6. The van der Waals surface area contributed by atoms with Crippen molar-refractivity contribution in [1.29, 1.82) is 0 Å². The van der Waals surface area contributed by atoms with Crippen molar-refractivity contribution < 1.29 is 9.90 Å². The highest BCUT2D eigenvalue weighted by molar-refractivity contribution is 9.10. The van der Waals surface area contributed by atoms with Crippen molar-refractivity contribution in [1.82, 2.24) is 4.57 Å². The summed E-state index contributed by atoms with van der Waals surface area (Å²) >= 11 is 3.38. The fraction of sp³-hybridized carbons (Fsp3) is 0.214. The quantitative estimate of drug-likeness (QED) is 0.903. The van der Waals surface area contributed by atoms with E-state index in [1.165, 1.54) is 6.07 Å². The summed E-state index contributed by atoms with van der Waals surface area (Å²) in [5, 5.41) is 12.1. The predicted molar refractivity (Wildman–Crippen MR) is 78.5 cm³/mol. The molecule has 0 aliphatic heterocycles. The number of rotatable bonds is 4. The van der Waals surface area contributed by atoms with Gasteiger partial charge in [-0.1, -0.05) is 13.0 Å². The van der Waals surface area contributed by atoms with Gasteiger partial charge in [0, 0.05) is 29.0 Å². The first-order chi connectivity index (χ1) is 9.10. The molecule has 0 unspecified atom stereocenters. The van der Waals surface area contributed by atoms with Crippen LogP contribution < -0.4 is 5.32 Å². The second kappa shape index (κ2) is 5.93. The Morgan fingerprint density at radius 3 is 2.89 bits per heavy atom. The minimum absolute atomic E-state index is 0.128. The molecule has 0 atom stereocenters. The number of halogens is 1.